The van der Waals surface area contributed by atoms with Crippen molar-refractivity contribution in [1.29, 1.82) is 0 Å². The van der Waals surface area contributed by atoms with Crippen LogP contribution < -0.4 is 4.74 Å². The second-order valence-corrected chi connectivity index (χ2v) is 3.40. The Morgan fingerprint density at radius 2 is 2.20 bits per heavy atom. The highest BCUT2D eigenvalue weighted by Gasteiger charge is 2.03. The molecule has 15 heavy (non-hydrogen) atoms. The molecule has 0 heterocycles. The van der Waals surface area contributed by atoms with Crippen molar-refractivity contribution < 1.29 is 13.9 Å². The lowest BCUT2D eigenvalue weighted by Crippen LogP contribution is -1.97. The van der Waals surface area contributed by atoms with Gasteiger partial charge in [-0.05, 0) is 38.1 Å². The molecule has 0 fully saturated rings. The summed E-state index contributed by atoms with van der Waals surface area (Å²) in [6, 6.07) is 4.14. The lowest BCUT2D eigenvalue weighted by Gasteiger charge is -2.04. The fraction of sp³-hybridized carbons (Fsp3) is 0.250. The first-order valence-electron chi connectivity index (χ1n) is 4.64. The third-order valence-corrected chi connectivity index (χ3v) is 1.82. The van der Waals surface area contributed by atoms with Crippen molar-refractivity contribution in [3.05, 3.63) is 41.2 Å². The van der Waals surface area contributed by atoms with E-state index in [0.29, 0.717) is 18.5 Å². The first-order valence-corrected chi connectivity index (χ1v) is 4.64. The number of aldehydes is 1. The highest BCUT2D eigenvalue weighted by molar-refractivity contribution is 5.74. The molecule has 0 aliphatic carbocycles. The van der Waals surface area contributed by atoms with E-state index in [4.69, 9.17) is 4.74 Å². The van der Waals surface area contributed by atoms with Crippen LogP contribution in [-0.4, -0.2) is 12.9 Å². The number of rotatable bonds is 4. The summed E-state index contributed by atoms with van der Waals surface area (Å²) < 4.78 is 18.4. The van der Waals surface area contributed by atoms with Gasteiger partial charge in [0, 0.05) is 5.56 Å². The number of hydrogen-bond donors (Lipinski definition) is 0. The molecule has 0 N–H and O–H groups in total. The van der Waals surface area contributed by atoms with Crippen LogP contribution in [0.25, 0.3) is 0 Å². The molecule has 80 valence electrons. The third-order valence-electron chi connectivity index (χ3n) is 1.82. The molecule has 0 saturated carbocycles. The normalized spacial score (nSPS) is 9.53. The van der Waals surface area contributed by atoms with Crippen molar-refractivity contribution >= 4 is 6.29 Å². The van der Waals surface area contributed by atoms with Crippen LogP contribution in [0, 0.1) is 5.82 Å². The van der Waals surface area contributed by atoms with Gasteiger partial charge in [0.2, 0.25) is 0 Å². The summed E-state index contributed by atoms with van der Waals surface area (Å²) in [5.74, 6) is -0.347. The van der Waals surface area contributed by atoms with Crippen LogP contribution >= 0.6 is 0 Å². The summed E-state index contributed by atoms with van der Waals surface area (Å²) in [5, 5.41) is 0. The van der Waals surface area contributed by atoms with Crippen LogP contribution in [0.3, 0.4) is 0 Å². The van der Waals surface area contributed by atoms with E-state index in [9.17, 15) is 9.18 Å². The summed E-state index contributed by atoms with van der Waals surface area (Å²) >= 11 is 0. The summed E-state index contributed by atoms with van der Waals surface area (Å²) in [4.78, 5) is 10.4. The standard InChI is InChI=1S/C12H13FO2/c1-9(2)5-6-15-12-4-3-10(8-14)7-11(12)13/h3-5,7-8H,6H2,1-2H3. The van der Waals surface area contributed by atoms with Gasteiger partial charge in [0.1, 0.15) is 12.9 Å². The van der Waals surface area contributed by atoms with Crippen molar-refractivity contribution in [2.24, 2.45) is 0 Å². The van der Waals surface area contributed by atoms with Gasteiger partial charge in [-0.3, -0.25) is 4.79 Å². The van der Waals surface area contributed by atoms with E-state index in [1.54, 1.807) is 0 Å². The van der Waals surface area contributed by atoms with E-state index in [1.807, 2.05) is 19.9 Å². The van der Waals surface area contributed by atoms with Gasteiger partial charge in [0.25, 0.3) is 0 Å². The smallest absolute Gasteiger partial charge is 0.165 e. The Morgan fingerprint density at radius 1 is 1.47 bits per heavy atom. The molecule has 0 aromatic heterocycles. The van der Waals surface area contributed by atoms with Gasteiger partial charge in [0.05, 0.1) is 0 Å². The molecule has 0 unspecified atom stereocenters. The van der Waals surface area contributed by atoms with Crippen LogP contribution in [0.1, 0.15) is 24.2 Å². The molecule has 3 heteroatoms. The van der Waals surface area contributed by atoms with Crippen LogP contribution in [0.5, 0.6) is 5.75 Å². The van der Waals surface area contributed by atoms with Crippen molar-refractivity contribution in [2.45, 2.75) is 13.8 Å². The van der Waals surface area contributed by atoms with E-state index >= 15 is 0 Å². The summed E-state index contributed by atoms with van der Waals surface area (Å²) in [6.07, 6.45) is 2.45. The lowest BCUT2D eigenvalue weighted by atomic mass is 10.2. The molecule has 0 amide bonds. The number of carbonyl (C=O) groups excluding carboxylic acids is 1. The van der Waals surface area contributed by atoms with E-state index in [0.717, 1.165) is 11.6 Å². The third kappa shape index (κ3) is 3.54. The zero-order valence-electron chi connectivity index (χ0n) is 8.79. The van der Waals surface area contributed by atoms with Crippen molar-refractivity contribution in [3.63, 3.8) is 0 Å². The van der Waals surface area contributed by atoms with Gasteiger partial charge in [-0.1, -0.05) is 5.57 Å². The minimum Gasteiger partial charge on any atom is -0.486 e. The number of halogens is 1. The van der Waals surface area contributed by atoms with E-state index in [1.165, 1.54) is 12.1 Å². The Kier molecular flexibility index (Phi) is 4.03. The Morgan fingerprint density at radius 3 is 2.73 bits per heavy atom. The van der Waals surface area contributed by atoms with E-state index in [-0.39, 0.29) is 5.75 Å². The first-order chi connectivity index (χ1) is 7.13. The highest BCUT2D eigenvalue weighted by atomic mass is 19.1. The number of ether oxygens (including phenoxy) is 1. The van der Waals surface area contributed by atoms with Crippen LogP contribution in [0.4, 0.5) is 4.39 Å². The number of hydrogen-bond acceptors (Lipinski definition) is 2. The minimum atomic E-state index is -0.512. The first kappa shape index (κ1) is 11.4. The van der Waals surface area contributed by atoms with Gasteiger partial charge in [-0.15, -0.1) is 0 Å². The lowest BCUT2D eigenvalue weighted by molar-refractivity contribution is 0.112. The zero-order chi connectivity index (χ0) is 11.3. The van der Waals surface area contributed by atoms with E-state index in [2.05, 4.69) is 0 Å². The molecule has 0 bridgehead atoms. The molecular weight excluding hydrogens is 195 g/mol. The highest BCUT2D eigenvalue weighted by Crippen LogP contribution is 2.17. The Balaban J connectivity index is 2.70. The van der Waals surface area contributed by atoms with Gasteiger partial charge >= 0.3 is 0 Å². The molecule has 2 nitrogen and oxygen atoms in total. The zero-order valence-corrected chi connectivity index (χ0v) is 8.79. The minimum absolute atomic E-state index is 0.165. The fourth-order valence-corrected chi connectivity index (χ4v) is 1.01. The molecule has 1 aromatic carbocycles. The molecule has 0 atom stereocenters. The van der Waals surface area contributed by atoms with Gasteiger partial charge < -0.3 is 4.74 Å². The average molecular weight is 208 g/mol. The molecule has 0 spiro atoms. The van der Waals surface area contributed by atoms with Crippen molar-refractivity contribution in [1.82, 2.24) is 0 Å². The number of benzene rings is 1. The topological polar surface area (TPSA) is 26.3 Å². The summed E-state index contributed by atoms with van der Waals surface area (Å²) in [6.45, 7) is 4.21. The predicted octanol–water partition coefficient (Wildman–Crippen LogP) is 2.98. The Bertz CT molecular complexity index is 379. The molecule has 1 rings (SSSR count). The summed E-state index contributed by atoms with van der Waals surface area (Å²) in [5.41, 5.74) is 1.42. The van der Waals surface area contributed by atoms with Gasteiger partial charge in [0.15, 0.2) is 11.6 Å². The predicted molar refractivity (Wildman–Crippen MR) is 56.7 cm³/mol. The molecule has 0 radical (unpaired) electrons. The summed E-state index contributed by atoms with van der Waals surface area (Å²) in [7, 11) is 0. The van der Waals surface area contributed by atoms with Gasteiger partial charge in [-0.2, -0.15) is 0 Å². The van der Waals surface area contributed by atoms with Crippen LogP contribution in [0.2, 0.25) is 0 Å². The SMILES string of the molecule is CC(C)=CCOc1ccc(C=O)cc1F. The Labute approximate surface area is 88.4 Å². The van der Waals surface area contributed by atoms with Crippen molar-refractivity contribution in [2.75, 3.05) is 6.61 Å². The average Bonchev–Trinajstić information content (AvgIpc) is 2.20. The Hall–Kier alpha value is -1.64. The fourth-order valence-electron chi connectivity index (χ4n) is 1.01. The maximum absolute atomic E-state index is 13.3. The molecule has 0 aliphatic heterocycles. The van der Waals surface area contributed by atoms with Crippen LogP contribution in [-0.2, 0) is 0 Å². The second-order valence-electron chi connectivity index (χ2n) is 3.40. The molecule has 0 aliphatic rings. The molecular formula is C12H13FO2. The number of allylic oxidation sites excluding steroid dienone is 1. The maximum Gasteiger partial charge on any atom is 0.165 e. The maximum atomic E-state index is 13.3. The molecule has 1 aromatic rings. The quantitative estimate of drug-likeness (QED) is 0.561. The monoisotopic (exact) mass is 208 g/mol. The van der Waals surface area contributed by atoms with Crippen LogP contribution in [0.15, 0.2) is 29.8 Å². The van der Waals surface area contributed by atoms with Crippen molar-refractivity contribution in [3.8, 4) is 5.75 Å². The van der Waals surface area contributed by atoms with Gasteiger partial charge in [-0.25, -0.2) is 4.39 Å². The number of carbonyl (C=O) groups is 1. The second kappa shape index (κ2) is 5.29. The van der Waals surface area contributed by atoms with E-state index < -0.39 is 5.82 Å². The molecule has 0 saturated heterocycles. The largest absolute Gasteiger partial charge is 0.486 e.